The van der Waals surface area contributed by atoms with Gasteiger partial charge < -0.3 is 25.4 Å². The van der Waals surface area contributed by atoms with Gasteiger partial charge in [0.15, 0.2) is 5.82 Å². The van der Waals surface area contributed by atoms with E-state index >= 15 is 4.39 Å². The minimum absolute atomic E-state index is 0.0226. The van der Waals surface area contributed by atoms with Gasteiger partial charge in [0, 0.05) is 51.1 Å². The van der Waals surface area contributed by atoms with Crippen LogP contribution in [0.2, 0.25) is 0 Å². The summed E-state index contributed by atoms with van der Waals surface area (Å²) in [6, 6.07) is 0.0331. The van der Waals surface area contributed by atoms with E-state index in [1.807, 2.05) is 4.90 Å². The van der Waals surface area contributed by atoms with Crippen molar-refractivity contribution in [3.63, 3.8) is 0 Å². The number of nitrogens with zero attached hydrogens (tertiary/aromatic N) is 5. The van der Waals surface area contributed by atoms with Crippen LogP contribution in [-0.4, -0.2) is 89.2 Å². The van der Waals surface area contributed by atoms with Gasteiger partial charge in [-0.3, -0.25) is 4.90 Å². The Morgan fingerprint density at radius 1 is 1.11 bits per heavy atom. The molecule has 3 fully saturated rings. The molecule has 0 saturated carbocycles. The number of nitrogens with one attached hydrogen (secondary N) is 1. The topological polar surface area (TPSA) is 102 Å². The zero-order valence-corrected chi connectivity index (χ0v) is 24.3. The van der Waals surface area contributed by atoms with Gasteiger partial charge in [0.05, 0.1) is 22.8 Å². The summed E-state index contributed by atoms with van der Waals surface area (Å²) in [5.41, 5.74) is -0.131. The minimum atomic E-state index is -5.09. The van der Waals surface area contributed by atoms with Crippen LogP contribution < -0.4 is 25.4 Å². The zero-order chi connectivity index (χ0) is 32.0. The van der Waals surface area contributed by atoms with Crippen LogP contribution >= 0.6 is 0 Å². The van der Waals surface area contributed by atoms with Gasteiger partial charge in [-0.05, 0) is 25.5 Å². The Bertz CT molecular complexity index is 1680. The molecule has 4 aliphatic heterocycles. The molecule has 5 atom stereocenters. The SMILES string of the molecule is Cc1c(F)c(N)cc(-c2nc3c4c(nc(OCC56C[C@H](F)CN5C[C@H](F)C6)nc4c2F)N2CCNCC2C(C)O3)c1C(F)(F)F. The molecule has 4 aliphatic rings. The average Bonchev–Trinajstić information content (AvgIpc) is 3.40. The molecule has 242 valence electrons. The Labute approximate surface area is 252 Å². The number of piperazine rings is 1. The summed E-state index contributed by atoms with van der Waals surface area (Å²) in [6.45, 7) is 3.99. The van der Waals surface area contributed by atoms with E-state index in [0.29, 0.717) is 25.7 Å². The molecule has 0 spiro atoms. The van der Waals surface area contributed by atoms with Gasteiger partial charge in [-0.15, -0.1) is 0 Å². The largest absolute Gasteiger partial charge is 0.472 e. The number of rotatable bonds is 4. The van der Waals surface area contributed by atoms with E-state index in [1.54, 1.807) is 11.8 Å². The van der Waals surface area contributed by atoms with Gasteiger partial charge in [0.25, 0.3) is 0 Å². The quantitative estimate of drug-likeness (QED) is 0.318. The number of nitrogens with two attached hydrogens (primary N) is 1. The summed E-state index contributed by atoms with van der Waals surface area (Å²) in [7, 11) is 0. The third kappa shape index (κ3) is 4.78. The summed E-state index contributed by atoms with van der Waals surface area (Å²) in [6.07, 6.45) is -7.94. The molecule has 16 heteroatoms. The maximum Gasteiger partial charge on any atom is 0.417 e. The van der Waals surface area contributed by atoms with Crippen molar-refractivity contribution in [1.82, 2.24) is 25.2 Å². The van der Waals surface area contributed by atoms with Crippen LogP contribution in [0, 0.1) is 18.6 Å². The summed E-state index contributed by atoms with van der Waals surface area (Å²) in [5.74, 6) is -2.55. The molecule has 0 amide bonds. The number of aromatic nitrogens is 3. The van der Waals surface area contributed by atoms with Crippen molar-refractivity contribution >= 4 is 22.4 Å². The monoisotopic (exact) mass is 641 g/mol. The molecule has 1 aromatic carbocycles. The molecule has 9 nitrogen and oxygen atoms in total. The lowest BCUT2D eigenvalue weighted by Gasteiger charge is -2.38. The van der Waals surface area contributed by atoms with E-state index in [1.165, 1.54) is 0 Å². The van der Waals surface area contributed by atoms with Crippen molar-refractivity contribution in [2.24, 2.45) is 0 Å². The fourth-order valence-corrected chi connectivity index (χ4v) is 7.32. The van der Waals surface area contributed by atoms with Crippen LogP contribution in [0.15, 0.2) is 6.07 Å². The number of hydrogen-bond donors (Lipinski definition) is 2. The van der Waals surface area contributed by atoms with Gasteiger partial charge in [0.2, 0.25) is 5.88 Å². The highest BCUT2D eigenvalue weighted by Crippen LogP contribution is 2.47. The number of benzene rings is 1. The van der Waals surface area contributed by atoms with Crippen LogP contribution in [0.3, 0.4) is 0 Å². The highest BCUT2D eigenvalue weighted by molar-refractivity contribution is 5.97. The number of hydrogen-bond acceptors (Lipinski definition) is 9. The average molecular weight is 642 g/mol. The Hall–Kier alpha value is -3.66. The van der Waals surface area contributed by atoms with E-state index in [9.17, 15) is 26.3 Å². The van der Waals surface area contributed by atoms with Gasteiger partial charge >= 0.3 is 12.2 Å². The third-order valence-electron chi connectivity index (χ3n) is 9.35. The van der Waals surface area contributed by atoms with Crippen molar-refractivity contribution < 1.29 is 40.2 Å². The number of pyridine rings is 1. The number of anilines is 2. The lowest BCUT2D eigenvalue weighted by Crippen LogP contribution is -2.56. The Morgan fingerprint density at radius 3 is 2.51 bits per heavy atom. The Kier molecular flexibility index (Phi) is 6.96. The van der Waals surface area contributed by atoms with Crippen molar-refractivity contribution in [3.05, 3.63) is 28.8 Å². The first-order chi connectivity index (χ1) is 21.3. The number of ether oxygens (including phenoxy) is 2. The minimum Gasteiger partial charge on any atom is -0.472 e. The fraction of sp³-hybridized carbons (Fsp3) is 0.552. The van der Waals surface area contributed by atoms with Gasteiger partial charge in [-0.2, -0.15) is 23.1 Å². The molecular formula is C29H30F7N7O2. The summed E-state index contributed by atoms with van der Waals surface area (Å²) in [5, 5.41) is 3.28. The highest BCUT2D eigenvalue weighted by atomic mass is 19.4. The molecule has 0 aliphatic carbocycles. The highest BCUT2D eigenvalue weighted by Gasteiger charge is 2.53. The van der Waals surface area contributed by atoms with E-state index in [4.69, 9.17) is 15.2 Å². The zero-order valence-electron chi connectivity index (χ0n) is 24.3. The molecule has 6 heterocycles. The van der Waals surface area contributed by atoms with Crippen LogP contribution in [0.1, 0.15) is 30.9 Å². The number of nitrogen functional groups attached to an aromatic ring is 1. The number of halogens is 7. The van der Waals surface area contributed by atoms with Crippen molar-refractivity contribution in [3.8, 4) is 23.1 Å². The maximum atomic E-state index is 16.6. The normalized spacial score (nSPS) is 28.2. The predicted octanol–water partition coefficient (Wildman–Crippen LogP) is 4.34. The van der Waals surface area contributed by atoms with E-state index in [2.05, 4.69) is 20.3 Å². The first kappa shape index (κ1) is 30.0. The number of fused-ring (bicyclic) bond motifs is 3. The van der Waals surface area contributed by atoms with Gasteiger partial charge in [-0.1, -0.05) is 0 Å². The molecule has 3 unspecified atom stereocenters. The van der Waals surface area contributed by atoms with Gasteiger partial charge in [-0.25, -0.2) is 22.5 Å². The predicted molar refractivity (Wildman–Crippen MR) is 150 cm³/mol. The molecule has 45 heavy (non-hydrogen) atoms. The van der Waals surface area contributed by atoms with E-state index in [0.717, 1.165) is 6.92 Å². The summed E-state index contributed by atoms with van der Waals surface area (Å²) >= 11 is 0. The Morgan fingerprint density at radius 2 is 1.82 bits per heavy atom. The van der Waals surface area contributed by atoms with E-state index in [-0.39, 0.29) is 61.7 Å². The Balaban J connectivity index is 1.42. The van der Waals surface area contributed by atoms with Crippen LogP contribution in [-0.2, 0) is 6.18 Å². The standard InChI is InChI=1S/C29H30F7N7O2/c1-12-20(29(34,35)36)16(5-17(37)21(12)32)23-22(33)24-19-25(43-4-3-38-8-18(43)13(2)45-26(19)39-23)41-27(40-24)44-11-28-6-14(30)9-42(28)10-15(31)7-28/h5,13-15,18,38H,3-4,6-11,37H2,1-2H3/t13?,14-,15+,18?,28?. The first-order valence-corrected chi connectivity index (χ1v) is 14.6. The molecule has 2 aromatic heterocycles. The molecule has 0 radical (unpaired) electrons. The molecular weight excluding hydrogens is 611 g/mol. The second-order valence-electron chi connectivity index (χ2n) is 12.3. The molecule has 7 rings (SSSR count). The van der Waals surface area contributed by atoms with Crippen LogP contribution in [0.25, 0.3) is 22.2 Å². The third-order valence-corrected chi connectivity index (χ3v) is 9.35. The molecule has 0 bridgehead atoms. The van der Waals surface area contributed by atoms with Crippen LogP contribution in [0.4, 0.5) is 42.2 Å². The van der Waals surface area contributed by atoms with Gasteiger partial charge in [0.1, 0.15) is 53.3 Å². The van der Waals surface area contributed by atoms with Crippen molar-refractivity contribution in [2.45, 2.75) is 62.9 Å². The maximum absolute atomic E-state index is 16.6. The summed E-state index contributed by atoms with van der Waals surface area (Å²) in [4.78, 5) is 16.6. The number of alkyl halides is 5. The first-order valence-electron chi connectivity index (χ1n) is 14.6. The van der Waals surface area contributed by atoms with Crippen molar-refractivity contribution in [1.29, 1.82) is 0 Å². The lowest BCUT2D eigenvalue weighted by molar-refractivity contribution is -0.137. The van der Waals surface area contributed by atoms with Crippen LogP contribution in [0.5, 0.6) is 11.9 Å². The second-order valence-corrected chi connectivity index (χ2v) is 12.3. The smallest absolute Gasteiger partial charge is 0.417 e. The lowest BCUT2D eigenvalue weighted by atomic mass is 9.94. The van der Waals surface area contributed by atoms with E-state index < -0.39 is 75.4 Å². The molecule has 3 saturated heterocycles. The second kappa shape index (κ2) is 10.4. The molecule has 3 N–H and O–H groups in total. The van der Waals surface area contributed by atoms with Crippen molar-refractivity contribution in [2.75, 3.05) is 50.0 Å². The fourth-order valence-electron chi connectivity index (χ4n) is 7.32. The molecule has 3 aromatic rings. The summed E-state index contributed by atoms with van der Waals surface area (Å²) < 4.78 is 115.